The zero-order valence-electron chi connectivity index (χ0n) is 15.7. The van der Waals surface area contributed by atoms with Gasteiger partial charge >= 0.3 is 5.97 Å². The normalized spacial score (nSPS) is 11.8. The molecule has 0 unspecified atom stereocenters. The molecule has 2 rings (SSSR count). The van der Waals surface area contributed by atoms with Crippen molar-refractivity contribution in [1.29, 1.82) is 0 Å². The van der Waals surface area contributed by atoms with Gasteiger partial charge in [-0.25, -0.2) is 9.18 Å². The highest BCUT2D eigenvalue weighted by atomic mass is 19.1. The second kappa shape index (κ2) is 8.58. The molecule has 0 bridgehead atoms. The minimum absolute atomic E-state index is 0.0458. The van der Waals surface area contributed by atoms with Crippen molar-refractivity contribution in [3.05, 3.63) is 65.0 Å². The van der Waals surface area contributed by atoms with E-state index in [0.29, 0.717) is 16.8 Å². The molecule has 142 valence electrons. The summed E-state index contributed by atoms with van der Waals surface area (Å²) in [6.45, 7) is 6.61. The van der Waals surface area contributed by atoms with Crippen molar-refractivity contribution >= 4 is 23.3 Å². The SMILES string of the molecule is Cc1ccc(C(=O)O[C@H](C)C(=O)c2ccc(NC(=O)C(C)C)cc2)cc1F. The quantitative estimate of drug-likeness (QED) is 0.611. The number of esters is 1. The summed E-state index contributed by atoms with van der Waals surface area (Å²) in [7, 11) is 0. The molecule has 0 aliphatic carbocycles. The smallest absolute Gasteiger partial charge is 0.338 e. The van der Waals surface area contributed by atoms with Gasteiger partial charge in [-0.15, -0.1) is 0 Å². The number of hydrogen-bond donors (Lipinski definition) is 1. The summed E-state index contributed by atoms with van der Waals surface area (Å²) >= 11 is 0. The van der Waals surface area contributed by atoms with E-state index >= 15 is 0 Å². The average Bonchev–Trinajstić information content (AvgIpc) is 2.63. The molecule has 1 atom stereocenters. The predicted molar refractivity (Wildman–Crippen MR) is 100 cm³/mol. The number of benzene rings is 2. The Morgan fingerprint density at radius 3 is 2.11 bits per heavy atom. The number of Topliss-reactive ketones (excluding diaryl/α,β-unsaturated/α-hetero) is 1. The molecule has 0 aliphatic heterocycles. The first-order valence-electron chi connectivity index (χ1n) is 8.61. The highest BCUT2D eigenvalue weighted by molar-refractivity contribution is 6.02. The first kappa shape index (κ1) is 20.3. The Bertz CT molecular complexity index is 859. The third kappa shape index (κ3) is 5.23. The van der Waals surface area contributed by atoms with Gasteiger partial charge in [-0.05, 0) is 55.8 Å². The van der Waals surface area contributed by atoms with E-state index in [1.165, 1.54) is 19.1 Å². The third-order valence-electron chi connectivity index (χ3n) is 4.02. The number of carbonyl (C=O) groups excluding carboxylic acids is 3. The van der Waals surface area contributed by atoms with E-state index in [1.807, 2.05) is 0 Å². The zero-order valence-corrected chi connectivity index (χ0v) is 15.7. The van der Waals surface area contributed by atoms with Gasteiger partial charge in [0.25, 0.3) is 0 Å². The van der Waals surface area contributed by atoms with E-state index in [4.69, 9.17) is 4.74 Å². The summed E-state index contributed by atoms with van der Waals surface area (Å²) in [6, 6.07) is 10.3. The molecule has 1 amide bonds. The van der Waals surface area contributed by atoms with Crippen molar-refractivity contribution in [2.75, 3.05) is 5.32 Å². The van der Waals surface area contributed by atoms with Gasteiger partial charge < -0.3 is 10.1 Å². The van der Waals surface area contributed by atoms with E-state index in [0.717, 1.165) is 6.07 Å². The van der Waals surface area contributed by atoms with Crippen LogP contribution in [0.5, 0.6) is 0 Å². The number of anilines is 1. The Hall–Kier alpha value is -3.02. The number of carbonyl (C=O) groups is 3. The first-order chi connectivity index (χ1) is 12.7. The van der Waals surface area contributed by atoms with Gasteiger partial charge in [0.2, 0.25) is 11.7 Å². The van der Waals surface area contributed by atoms with E-state index in [9.17, 15) is 18.8 Å². The van der Waals surface area contributed by atoms with Crippen molar-refractivity contribution in [3.8, 4) is 0 Å². The van der Waals surface area contributed by atoms with E-state index in [2.05, 4.69) is 5.32 Å². The maximum atomic E-state index is 13.6. The van der Waals surface area contributed by atoms with Crippen LogP contribution in [-0.4, -0.2) is 23.8 Å². The van der Waals surface area contributed by atoms with Crippen LogP contribution in [0.1, 0.15) is 47.1 Å². The monoisotopic (exact) mass is 371 g/mol. The van der Waals surface area contributed by atoms with Crippen molar-refractivity contribution in [1.82, 2.24) is 0 Å². The Morgan fingerprint density at radius 2 is 1.56 bits per heavy atom. The summed E-state index contributed by atoms with van der Waals surface area (Å²) in [5, 5.41) is 2.73. The Kier molecular flexibility index (Phi) is 6.45. The van der Waals surface area contributed by atoms with Gasteiger partial charge in [0.05, 0.1) is 5.56 Å². The molecule has 2 aromatic rings. The van der Waals surface area contributed by atoms with Crippen molar-refractivity contribution in [3.63, 3.8) is 0 Å². The number of amides is 1. The maximum Gasteiger partial charge on any atom is 0.338 e. The molecule has 6 heteroatoms. The highest BCUT2D eigenvalue weighted by Crippen LogP contribution is 2.15. The Morgan fingerprint density at radius 1 is 0.963 bits per heavy atom. The third-order valence-corrected chi connectivity index (χ3v) is 4.02. The summed E-state index contributed by atoms with van der Waals surface area (Å²) in [5.41, 5.74) is 1.38. The number of aryl methyl sites for hydroxylation is 1. The van der Waals surface area contributed by atoms with Crippen LogP contribution in [0.15, 0.2) is 42.5 Å². The Labute approximate surface area is 157 Å². The molecule has 5 nitrogen and oxygen atoms in total. The second-order valence-corrected chi connectivity index (χ2v) is 6.60. The summed E-state index contributed by atoms with van der Waals surface area (Å²) in [4.78, 5) is 36.2. The van der Waals surface area contributed by atoms with E-state index < -0.39 is 23.7 Å². The molecule has 0 spiro atoms. The number of hydrogen-bond acceptors (Lipinski definition) is 4. The van der Waals surface area contributed by atoms with Crippen LogP contribution < -0.4 is 5.32 Å². The molecular formula is C21H22FNO4. The van der Waals surface area contributed by atoms with Gasteiger partial charge in [-0.2, -0.15) is 0 Å². The lowest BCUT2D eigenvalue weighted by Crippen LogP contribution is -2.24. The topological polar surface area (TPSA) is 72.5 Å². The van der Waals surface area contributed by atoms with Gasteiger partial charge in [-0.3, -0.25) is 9.59 Å². The number of ketones is 1. The van der Waals surface area contributed by atoms with Crippen LogP contribution in [-0.2, 0) is 9.53 Å². The average molecular weight is 371 g/mol. The lowest BCUT2D eigenvalue weighted by Gasteiger charge is -2.13. The number of nitrogens with one attached hydrogen (secondary N) is 1. The lowest BCUT2D eigenvalue weighted by atomic mass is 10.1. The zero-order chi connectivity index (χ0) is 20.1. The van der Waals surface area contributed by atoms with Gasteiger partial charge in [0.15, 0.2) is 6.10 Å². The van der Waals surface area contributed by atoms with Crippen molar-refractivity contribution < 1.29 is 23.5 Å². The molecule has 0 saturated heterocycles. The first-order valence-corrected chi connectivity index (χ1v) is 8.61. The van der Waals surface area contributed by atoms with Gasteiger partial charge in [0.1, 0.15) is 5.82 Å². The number of ether oxygens (including phenoxy) is 1. The van der Waals surface area contributed by atoms with Gasteiger partial charge in [0, 0.05) is 17.2 Å². The summed E-state index contributed by atoms with van der Waals surface area (Å²) in [5.74, 6) is -1.95. The number of halogens is 1. The molecule has 2 aromatic carbocycles. The standard InChI is InChI=1S/C21H22FNO4/c1-12(2)20(25)23-17-9-7-15(8-10-17)19(24)14(4)27-21(26)16-6-5-13(3)18(22)11-16/h5-12,14H,1-4H3,(H,23,25)/t14-/m1/s1. The molecular weight excluding hydrogens is 349 g/mol. The fourth-order valence-corrected chi connectivity index (χ4v) is 2.24. The molecule has 0 saturated carbocycles. The summed E-state index contributed by atoms with van der Waals surface area (Å²) in [6.07, 6.45) is -1.03. The van der Waals surface area contributed by atoms with E-state index in [-0.39, 0.29) is 17.4 Å². The van der Waals surface area contributed by atoms with Crippen LogP contribution in [0.2, 0.25) is 0 Å². The minimum Gasteiger partial charge on any atom is -0.451 e. The maximum absolute atomic E-state index is 13.6. The van der Waals surface area contributed by atoms with Crippen molar-refractivity contribution in [2.45, 2.75) is 33.8 Å². The molecule has 27 heavy (non-hydrogen) atoms. The Balaban J connectivity index is 2.02. The molecule has 0 aliphatic rings. The molecule has 0 radical (unpaired) electrons. The molecule has 0 aromatic heterocycles. The fraction of sp³-hybridized carbons (Fsp3) is 0.286. The van der Waals surface area contributed by atoms with Crippen LogP contribution in [0.4, 0.5) is 10.1 Å². The van der Waals surface area contributed by atoms with Crippen molar-refractivity contribution in [2.24, 2.45) is 5.92 Å². The van der Waals surface area contributed by atoms with Crippen LogP contribution in [0, 0.1) is 18.7 Å². The molecule has 0 fully saturated rings. The largest absolute Gasteiger partial charge is 0.451 e. The van der Waals surface area contributed by atoms with Gasteiger partial charge in [-0.1, -0.05) is 19.9 Å². The van der Waals surface area contributed by atoms with E-state index in [1.54, 1.807) is 45.0 Å². The molecule has 1 N–H and O–H groups in total. The second-order valence-electron chi connectivity index (χ2n) is 6.60. The van der Waals surface area contributed by atoms with Crippen LogP contribution in [0.25, 0.3) is 0 Å². The lowest BCUT2D eigenvalue weighted by molar-refractivity contribution is -0.118. The highest BCUT2D eigenvalue weighted by Gasteiger charge is 2.21. The minimum atomic E-state index is -1.03. The predicted octanol–water partition coefficient (Wildman–Crippen LogP) is 4.16. The summed E-state index contributed by atoms with van der Waals surface area (Å²) < 4.78 is 18.7. The van der Waals surface area contributed by atoms with Crippen LogP contribution in [0.3, 0.4) is 0 Å². The fourth-order valence-electron chi connectivity index (χ4n) is 2.24. The molecule has 0 heterocycles. The number of rotatable bonds is 6. The van der Waals surface area contributed by atoms with Crippen LogP contribution >= 0.6 is 0 Å².